The predicted octanol–water partition coefficient (Wildman–Crippen LogP) is 0.855. The molecule has 0 aliphatic heterocycles. The fraction of sp³-hybridized carbons (Fsp3) is 0.900. The van der Waals surface area contributed by atoms with Crippen LogP contribution in [0.5, 0.6) is 0 Å². The third-order valence-electron chi connectivity index (χ3n) is 2.60. The normalized spacial score (nSPS) is 26.8. The van der Waals surface area contributed by atoms with Crippen LogP contribution >= 0.6 is 0 Å². The SMILES string of the molecule is CC(CCCO)NC(=O)NC1CC1C. The summed E-state index contributed by atoms with van der Waals surface area (Å²) in [6.45, 7) is 4.26. The minimum atomic E-state index is -0.0789. The molecule has 0 heterocycles. The molecule has 0 spiro atoms. The molecule has 1 rings (SSSR count). The van der Waals surface area contributed by atoms with Gasteiger partial charge in [0.15, 0.2) is 0 Å². The summed E-state index contributed by atoms with van der Waals surface area (Å²) >= 11 is 0. The summed E-state index contributed by atoms with van der Waals surface area (Å²) < 4.78 is 0. The zero-order chi connectivity index (χ0) is 10.6. The summed E-state index contributed by atoms with van der Waals surface area (Å²) in [7, 11) is 0. The van der Waals surface area contributed by atoms with E-state index >= 15 is 0 Å². The molecule has 0 aromatic carbocycles. The molecule has 1 fully saturated rings. The second-order valence-electron chi connectivity index (χ2n) is 4.20. The fourth-order valence-corrected chi connectivity index (χ4v) is 1.43. The van der Waals surface area contributed by atoms with Crippen molar-refractivity contribution in [3.8, 4) is 0 Å². The van der Waals surface area contributed by atoms with Gasteiger partial charge in [-0.2, -0.15) is 0 Å². The Balaban J connectivity index is 2.06. The first-order valence-electron chi connectivity index (χ1n) is 5.31. The van der Waals surface area contributed by atoms with Crippen LogP contribution in [-0.2, 0) is 0 Å². The van der Waals surface area contributed by atoms with E-state index in [4.69, 9.17) is 5.11 Å². The van der Waals surface area contributed by atoms with E-state index < -0.39 is 0 Å². The van der Waals surface area contributed by atoms with Crippen molar-refractivity contribution in [2.75, 3.05) is 6.61 Å². The average Bonchev–Trinajstić information content (AvgIpc) is 2.77. The summed E-state index contributed by atoms with van der Waals surface area (Å²) in [5.41, 5.74) is 0. The molecule has 3 N–H and O–H groups in total. The Hall–Kier alpha value is -0.770. The lowest BCUT2D eigenvalue weighted by Gasteiger charge is -2.13. The predicted molar refractivity (Wildman–Crippen MR) is 55.0 cm³/mol. The number of nitrogens with one attached hydrogen (secondary N) is 2. The molecule has 0 radical (unpaired) electrons. The van der Waals surface area contributed by atoms with Crippen LogP contribution in [0.15, 0.2) is 0 Å². The first-order chi connectivity index (χ1) is 6.63. The molecule has 3 atom stereocenters. The van der Waals surface area contributed by atoms with Crippen molar-refractivity contribution in [1.82, 2.24) is 10.6 Å². The third kappa shape index (κ3) is 3.96. The molecule has 1 saturated carbocycles. The van der Waals surface area contributed by atoms with Crippen LogP contribution < -0.4 is 10.6 Å². The zero-order valence-corrected chi connectivity index (χ0v) is 8.92. The highest BCUT2D eigenvalue weighted by molar-refractivity contribution is 5.74. The molecule has 0 saturated heterocycles. The molecule has 82 valence electrons. The van der Waals surface area contributed by atoms with Crippen molar-refractivity contribution in [3.63, 3.8) is 0 Å². The highest BCUT2D eigenvalue weighted by Gasteiger charge is 2.33. The van der Waals surface area contributed by atoms with Crippen LogP contribution in [-0.4, -0.2) is 29.8 Å². The van der Waals surface area contributed by atoms with Crippen LogP contribution in [0, 0.1) is 5.92 Å². The van der Waals surface area contributed by atoms with Gasteiger partial charge in [0.1, 0.15) is 0 Å². The Morgan fingerprint density at radius 1 is 1.64 bits per heavy atom. The van der Waals surface area contributed by atoms with E-state index in [1.807, 2.05) is 6.92 Å². The van der Waals surface area contributed by atoms with Gasteiger partial charge in [0.05, 0.1) is 0 Å². The van der Waals surface area contributed by atoms with Crippen LogP contribution in [0.25, 0.3) is 0 Å². The second-order valence-corrected chi connectivity index (χ2v) is 4.20. The van der Waals surface area contributed by atoms with E-state index in [1.165, 1.54) is 0 Å². The first kappa shape index (κ1) is 11.3. The monoisotopic (exact) mass is 200 g/mol. The van der Waals surface area contributed by atoms with Crippen LogP contribution in [0.3, 0.4) is 0 Å². The van der Waals surface area contributed by atoms with Crippen LogP contribution in [0.2, 0.25) is 0 Å². The Bertz CT molecular complexity index is 197. The number of rotatable bonds is 5. The van der Waals surface area contributed by atoms with Crippen molar-refractivity contribution in [2.24, 2.45) is 5.92 Å². The van der Waals surface area contributed by atoms with Gasteiger partial charge in [0.25, 0.3) is 0 Å². The van der Waals surface area contributed by atoms with Gasteiger partial charge in [-0.25, -0.2) is 4.79 Å². The number of urea groups is 1. The number of aliphatic hydroxyl groups is 1. The summed E-state index contributed by atoms with van der Waals surface area (Å²) in [5, 5.41) is 14.4. The molecular formula is C10H20N2O2. The molecule has 3 unspecified atom stereocenters. The molecule has 4 heteroatoms. The fourth-order valence-electron chi connectivity index (χ4n) is 1.43. The van der Waals surface area contributed by atoms with Crippen molar-refractivity contribution < 1.29 is 9.90 Å². The van der Waals surface area contributed by atoms with Crippen molar-refractivity contribution in [3.05, 3.63) is 0 Å². The standard InChI is InChI=1S/C10H20N2O2/c1-7-6-9(7)12-10(14)11-8(2)4-3-5-13/h7-9,13H,3-6H2,1-2H3,(H2,11,12,14). The Labute approximate surface area is 85.1 Å². The van der Waals surface area contributed by atoms with Gasteiger partial charge in [0.2, 0.25) is 0 Å². The maximum atomic E-state index is 11.3. The maximum absolute atomic E-state index is 11.3. The smallest absolute Gasteiger partial charge is 0.315 e. The number of aliphatic hydroxyl groups excluding tert-OH is 1. The van der Waals surface area contributed by atoms with E-state index in [9.17, 15) is 4.79 Å². The molecule has 0 bridgehead atoms. The van der Waals surface area contributed by atoms with Crippen LogP contribution in [0.1, 0.15) is 33.1 Å². The first-order valence-corrected chi connectivity index (χ1v) is 5.31. The molecular weight excluding hydrogens is 180 g/mol. The summed E-state index contributed by atoms with van der Waals surface area (Å²) in [5.74, 6) is 0.633. The van der Waals surface area contributed by atoms with E-state index in [-0.39, 0.29) is 18.7 Å². The van der Waals surface area contributed by atoms with Gasteiger partial charge >= 0.3 is 6.03 Å². The lowest BCUT2D eigenvalue weighted by atomic mass is 10.2. The highest BCUT2D eigenvalue weighted by atomic mass is 16.3. The van der Waals surface area contributed by atoms with E-state index in [0.717, 1.165) is 19.3 Å². The Morgan fingerprint density at radius 2 is 2.29 bits per heavy atom. The minimum absolute atomic E-state index is 0.0789. The lowest BCUT2D eigenvalue weighted by Crippen LogP contribution is -2.42. The molecule has 1 aliphatic rings. The van der Waals surface area contributed by atoms with Gasteiger partial charge in [0, 0.05) is 18.7 Å². The molecule has 0 aromatic rings. The topological polar surface area (TPSA) is 61.4 Å². The quantitative estimate of drug-likeness (QED) is 0.616. The van der Waals surface area contributed by atoms with Gasteiger partial charge in [-0.15, -0.1) is 0 Å². The Morgan fingerprint density at radius 3 is 2.79 bits per heavy atom. The second kappa shape index (κ2) is 5.20. The summed E-state index contributed by atoms with van der Waals surface area (Å²) in [6, 6.07) is 0.432. The lowest BCUT2D eigenvalue weighted by molar-refractivity contribution is 0.233. The number of carbonyl (C=O) groups is 1. The Kier molecular flexibility index (Phi) is 4.20. The largest absolute Gasteiger partial charge is 0.396 e. The third-order valence-corrected chi connectivity index (χ3v) is 2.60. The zero-order valence-electron chi connectivity index (χ0n) is 8.92. The maximum Gasteiger partial charge on any atom is 0.315 e. The average molecular weight is 200 g/mol. The highest BCUT2D eigenvalue weighted by Crippen LogP contribution is 2.28. The molecule has 14 heavy (non-hydrogen) atoms. The van der Waals surface area contributed by atoms with Gasteiger partial charge < -0.3 is 15.7 Å². The van der Waals surface area contributed by atoms with Crippen molar-refractivity contribution in [1.29, 1.82) is 0 Å². The van der Waals surface area contributed by atoms with Gasteiger partial charge in [-0.05, 0) is 32.1 Å². The summed E-state index contributed by atoms with van der Waals surface area (Å²) in [4.78, 5) is 11.3. The van der Waals surface area contributed by atoms with Crippen LogP contribution in [0.4, 0.5) is 4.79 Å². The molecule has 2 amide bonds. The number of hydrogen-bond donors (Lipinski definition) is 3. The van der Waals surface area contributed by atoms with Crippen molar-refractivity contribution in [2.45, 2.75) is 45.2 Å². The van der Waals surface area contributed by atoms with Crippen molar-refractivity contribution >= 4 is 6.03 Å². The molecule has 4 nitrogen and oxygen atoms in total. The minimum Gasteiger partial charge on any atom is -0.396 e. The number of carbonyl (C=O) groups excluding carboxylic acids is 1. The van der Waals surface area contributed by atoms with E-state index in [0.29, 0.717) is 12.0 Å². The summed E-state index contributed by atoms with van der Waals surface area (Å²) in [6.07, 6.45) is 2.66. The molecule has 1 aliphatic carbocycles. The molecule has 0 aromatic heterocycles. The number of amides is 2. The number of hydrogen-bond acceptors (Lipinski definition) is 2. The van der Waals surface area contributed by atoms with Gasteiger partial charge in [-0.1, -0.05) is 6.92 Å². The van der Waals surface area contributed by atoms with Gasteiger partial charge in [-0.3, -0.25) is 0 Å². The van der Waals surface area contributed by atoms with E-state index in [2.05, 4.69) is 17.6 Å². The van der Waals surface area contributed by atoms with E-state index in [1.54, 1.807) is 0 Å².